The quantitative estimate of drug-likeness (QED) is 0.495. The summed E-state index contributed by atoms with van der Waals surface area (Å²) >= 11 is 0. The molecule has 0 aromatic heterocycles. The van der Waals surface area contributed by atoms with Gasteiger partial charge in [0.05, 0.1) is 6.04 Å². The molecule has 0 N–H and O–H groups in total. The van der Waals surface area contributed by atoms with Gasteiger partial charge in [-0.25, -0.2) is 9.18 Å². The summed E-state index contributed by atoms with van der Waals surface area (Å²) in [7, 11) is 0. The highest BCUT2D eigenvalue weighted by molar-refractivity contribution is 5.39. The lowest BCUT2D eigenvalue weighted by atomic mass is 9.88. The molecule has 14 heavy (non-hydrogen) atoms. The number of aliphatic imine (C=N–C) groups is 1. The lowest BCUT2D eigenvalue weighted by Crippen LogP contribution is -2.08. The molecule has 1 aliphatic rings. The molecule has 1 unspecified atom stereocenters. The van der Waals surface area contributed by atoms with Crippen LogP contribution in [0.1, 0.15) is 30.0 Å². The second-order valence-electron chi connectivity index (χ2n) is 3.47. The third-order valence-corrected chi connectivity index (χ3v) is 2.60. The molecule has 2 rings (SSSR count). The number of hydrogen-bond acceptors (Lipinski definition) is 2. The fraction of sp³-hybridized carbons (Fsp3) is 0.364. The number of isocyanates is 1. The number of nitrogens with zero attached hydrogens (tertiary/aromatic N) is 1. The fourth-order valence-electron chi connectivity index (χ4n) is 1.94. The average Bonchev–Trinajstić information content (AvgIpc) is 2.19. The first kappa shape index (κ1) is 9.10. The van der Waals surface area contributed by atoms with E-state index in [0.29, 0.717) is 0 Å². The molecule has 0 amide bonds. The van der Waals surface area contributed by atoms with E-state index in [1.807, 2.05) is 0 Å². The average molecular weight is 191 g/mol. The summed E-state index contributed by atoms with van der Waals surface area (Å²) in [5.41, 5.74) is 1.95. The van der Waals surface area contributed by atoms with Crippen molar-refractivity contribution in [3.05, 3.63) is 35.1 Å². The molecular formula is C11H10FNO. The van der Waals surface area contributed by atoms with Crippen molar-refractivity contribution in [1.82, 2.24) is 0 Å². The van der Waals surface area contributed by atoms with E-state index >= 15 is 0 Å². The van der Waals surface area contributed by atoms with Gasteiger partial charge in [0, 0.05) is 0 Å². The molecule has 0 radical (unpaired) electrons. The minimum absolute atomic E-state index is 0.188. The van der Waals surface area contributed by atoms with Crippen LogP contribution < -0.4 is 0 Å². The van der Waals surface area contributed by atoms with Crippen LogP contribution in [0.2, 0.25) is 0 Å². The van der Waals surface area contributed by atoms with Crippen molar-refractivity contribution in [2.45, 2.75) is 25.3 Å². The summed E-state index contributed by atoms with van der Waals surface area (Å²) in [5, 5.41) is 0. The predicted molar refractivity (Wildman–Crippen MR) is 50.2 cm³/mol. The van der Waals surface area contributed by atoms with E-state index in [-0.39, 0.29) is 11.9 Å². The maximum absolute atomic E-state index is 13.0. The Kier molecular flexibility index (Phi) is 2.42. The molecular weight excluding hydrogens is 181 g/mol. The van der Waals surface area contributed by atoms with Crippen LogP contribution in [0, 0.1) is 5.82 Å². The van der Waals surface area contributed by atoms with E-state index in [0.717, 1.165) is 30.4 Å². The minimum atomic E-state index is -0.267. The van der Waals surface area contributed by atoms with Gasteiger partial charge in [-0.1, -0.05) is 6.07 Å². The van der Waals surface area contributed by atoms with Gasteiger partial charge in [-0.2, -0.15) is 4.99 Å². The van der Waals surface area contributed by atoms with Gasteiger partial charge in [-0.15, -0.1) is 0 Å². The molecule has 1 aliphatic carbocycles. The first-order valence-electron chi connectivity index (χ1n) is 4.66. The molecule has 1 aromatic carbocycles. The van der Waals surface area contributed by atoms with Gasteiger partial charge >= 0.3 is 0 Å². The third-order valence-electron chi connectivity index (χ3n) is 2.60. The van der Waals surface area contributed by atoms with E-state index in [4.69, 9.17) is 0 Å². The number of fused-ring (bicyclic) bond motifs is 1. The van der Waals surface area contributed by atoms with E-state index in [1.54, 1.807) is 12.1 Å². The van der Waals surface area contributed by atoms with Gasteiger partial charge in [-0.05, 0) is 42.5 Å². The number of carbonyl (C=O) groups excluding carboxylic acids is 1. The minimum Gasteiger partial charge on any atom is -0.211 e. The van der Waals surface area contributed by atoms with Crippen molar-refractivity contribution < 1.29 is 9.18 Å². The molecule has 0 aliphatic heterocycles. The fourth-order valence-corrected chi connectivity index (χ4v) is 1.94. The van der Waals surface area contributed by atoms with E-state index < -0.39 is 0 Å². The summed E-state index contributed by atoms with van der Waals surface area (Å²) in [4.78, 5) is 13.9. The van der Waals surface area contributed by atoms with Gasteiger partial charge < -0.3 is 0 Å². The van der Waals surface area contributed by atoms with Gasteiger partial charge in [0.15, 0.2) is 0 Å². The first-order valence-corrected chi connectivity index (χ1v) is 4.66. The van der Waals surface area contributed by atoms with Crippen LogP contribution in [0.3, 0.4) is 0 Å². The van der Waals surface area contributed by atoms with Crippen LogP contribution in [0.4, 0.5) is 4.39 Å². The largest absolute Gasteiger partial charge is 0.235 e. The lowest BCUT2D eigenvalue weighted by molar-refractivity contribution is 0.533. The maximum Gasteiger partial charge on any atom is 0.235 e. The lowest BCUT2D eigenvalue weighted by Gasteiger charge is -2.20. The van der Waals surface area contributed by atoms with Crippen LogP contribution in [0.15, 0.2) is 23.2 Å². The number of halogens is 1. The number of benzene rings is 1. The van der Waals surface area contributed by atoms with Crippen LogP contribution in [-0.2, 0) is 11.2 Å². The van der Waals surface area contributed by atoms with Crippen LogP contribution >= 0.6 is 0 Å². The molecule has 1 aromatic rings. The van der Waals surface area contributed by atoms with Crippen molar-refractivity contribution >= 4 is 6.08 Å². The molecule has 0 saturated carbocycles. The van der Waals surface area contributed by atoms with Crippen molar-refractivity contribution in [3.63, 3.8) is 0 Å². The van der Waals surface area contributed by atoms with Gasteiger partial charge in [-0.3, -0.25) is 0 Å². The molecule has 2 nitrogen and oxygen atoms in total. The first-order chi connectivity index (χ1) is 6.81. The van der Waals surface area contributed by atoms with Gasteiger partial charge in [0.25, 0.3) is 0 Å². The Morgan fingerprint density at radius 1 is 1.50 bits per heavy atom. The Bertz CT molecular complexity index is 396. The highest BCUT2D eigenvalue weighted by atomic mass is 19.1. The second kappa shape index (κ2) is 3.72. The Hall–Kier alpha value is -1.47. The normalized spacial score (nSPS) is 19.6. The van der Waals surface area contributed by atoms with Crippen LogP contribution in [0.5, 0.6) is 0 Å². The zero-order valence-electron chi connectivity index (χ0n) is 7.66. The monoisotopic (exact) mass is 191 g/mol. The zero-order chi connectivity index (χ0) is 9.97. The topological polar surface area (TPSA) is 29.4 Å². The third kappa shape index (κ3) is 1.59. The molecule has 0 bridgehead atoms. The standard InChI is InChI=1S/C11H10FNO/c12-9-5-4-8-2-1-3-11(13-7-14)10(8)6-9/h4-6,11H,1-3H2. The highest BCUT2D eigenvalue weighted by Gasteiger charge is 2.19. The predicted octanol–water partition coefficient (Wildman–Crippen LogP) is 2.54. The zero-order valence-corrected chi connectivity index (χ0v) is 7.66. The van der Waals surface area contributed by atoms with Crippen molar-refractivity contribution in [3.8, 4) is 0 Å². The molecule has 3 heteroatoms. The highest BCUT2D eigenvalue weighted by Crippen LogP contribution is 2.32. The number of rotatable bonds is 1. The molecule has 0 spiro atoms. The van der Waals surface area contributed by atoms with Crippen LogP contribution in [0.25, 0.3) is 0 Å². The Labute approximate surface area is 81.5 Å². The molecule has 0 saturated heterocycles. The molecule has 1 atom stereocenters. The molecule has 0 heterocycles. The van der Waals surface area contributed by atoms with Crippen molar-refractivity contribution in [1.29, 1.82) is 0 Å². The molecule has 72 valence electrons. The number of hydrogen-bond donors (Lipinski definition) is 0. The Balaban J connectivity index is 2.46. The second-order valence-corrected chi connectivity index (χ2v) is 3.47. The SMILES string of the molecule is O=C=NC1CCCc2ccc(F)cc21. The Morgan fingerprint density at radius 2 is 2.36 bits per heavy atom. The van der Waals surface area contributed by atoms with E-state index in [1.165, 1.54) is 12.1 Å². The van der Waals surface area contributed by atoms with Gasteiger partial charge in [0.1, 0.15) is 5.82 Å². The maximum atomic E-state index is 13.0. The summed E-state index contributed by atoms with van der Waals surface area (Å²) < 4.78 is 13.0. The smallest absolute Gasteiger partial charge is 0.211 e. The summed E-state index contributed by atoms with van der Waals surface area (Å²) in [5.74, 6) is -0.267. The summed E-state index contributed by atoms with van der Waals surface area (Å²) in [6, 6.07) is 4.51. The van der Waals surface area contributed by atoms with Crippen LogP contribution in [-0.4, -0.2) is 6.08 Å². The Morgan fingerprint density at radius 3 is 3.14 bits per heavy atom. The summed E-state index contributed by atoms with van der Waals surface area (Å²) in [6.45, 7) is 0. The van der Waals surface area contributed by atoms with E-state index in [2.05, 4.69) is 4.99 Å². The van der Waals surface area contributed by atoms with E-state index in [9.17, 15) is 9.18 Å². The van der Waals surface area contributed by atoms with Gasteiger partial charge in [0.2, 0.25) is 6.08 Å². The van der Waals surface area contributed by atoms with Crippen molar-refractivity contribution in [2.24, 2.45) is 4.99 Å². The summed E-state index contributed by atoms with van der Waals surface area (Å²) in [6.07, 6.45) is 4.30. The van der Waals surface area contributed by atoms with Crippen molar-refractivity contribution in [2.75, 3.05) is 0 Å². The molecule has 0 fully saturated rings. The number of aryl methyl sites for hydroxylation is 1.